The van der Waals surface area contributed by atoms with E-state index in [0.29, 0.717) is 0 Å². The number of aromatic nitrogens is 2. The van der Waals surface area contributed by atoms with Crippen LogP contribution in [0.5, 0.6) is 5.88 Å². The highest BCUT2D eigenvalue weighted by molar-refractivity contribution is 6.01. The predicted molar refractivity (Wildman–Crippen MR) is 77.3 cm³/mol. The molecular formula is C16H12N2O. The molecule has 0 bridgehead atoms. The van der Waals surface area contributed by atoms with Crippen LogP contribution in [0.15, 0.2) is 54.7 Å². The lowest BCUT2D eigenvalue weighted by atomic mass is 10.1. The average Bonchev–Trinajstić information content (AvgIpc) is 3.03. The van der Waals surface area contributed by atoms with Crippen molar-refractivity contribution in [3.8, 4) is 17.1 Å². The zero-order valence-electron chi connectivity index (χ0n) is 10.1. The molecule has 0 amide bonds. The molecule has 3 nitrogen and oxygen atoms in total. The lowest BCUT2D eigenvalue weighted by Gasteiger charge is -2.01. The second-order valence-electron chi connectivity index (χ2n) is 4.68. The Morgan fingerprint density at radius 2 is 1.74 bits per heavy atom. The molecule has 19 heavy (non-hydrogen) atoms. The number of para-hydroxylation sites is 1. The van der Waals surface area contributed by atoms with Gasteiger partial charge in [0.05, 0.1) is 5.39 Å². The Bertz CT molecular complexity index is 853. The molecule has 3 N–H and O–H groups in total. The Morgan fingerprint density at radius 3 is 2.63 bits per heavy atom. The fourth-order valence-corrected chi connectivity index (χ4v) is 2.62. The van der Waals surface area contributed by atoms with Crippen molar-refractivity contribution < 1.29 is 5.11 Å². The Balaban J connectivity index is 2.06. The van der Waals surface area contributed by atoms with Gasteiger partial charge in [-0.1, -0.05) is 36.4 Å². The van der Waals surface area contributed by atoms with Crippen molar-refractivity contribution >= 4 is 21.7 Å². The fourth-order valence-electron chi connectivity index (χ4n) is 2.62. The number of H-pyrrole nitrogens is 2. The molecule has 0 atom stereocenters. The number of benzene rings is 2. The summed E-state index contributed by atoms with van der Waals surface area (Å²) in [4.78, 5) is 6.26. The number of hydrogen-bond acceptors (Lipinski definition) is 1. The Labute approximate surface area is 109 Å². The molecule has 3 heteroatoms. The van der Waals surface area contributed by atoms with Crippen LogP contribution in [-0.4, -0.2) is 15.1 Å². The van der Waals surface area contributed by atoms with E-state index in [1.165, 1.54) is 5.39 Å². The van der Waals surface area contributed by atoms with Crippen LogP contribution in [0.3, 0.4) is 0 Å². The zero-order valence-corrected chi connectivity index (χ0v) is 10.1. The van der Waals surface area contributed by atoms with Gasteiger partial charge in [0, 0.05) is 33.7 Å². The van der Waals surface area contributed by atoms with Crippen molar-refractivity contribution in [2.75, 3.05) is 0 Å². The third-order valence-electron chi connectivity index (χ3n) is 3.52. The minimum Gasteiger partial charge on any atom is -0.494 e. The summed E-state index contributed by atoms with van der Waals surface area (Å²) in [6, 6.07) is 16.3. The topological polar surface area (TPSA) is 51.8 Å². The number of aromatic amines is 2. The van der Waals surface area contributed by atoms with E-state index in [2.05, 4.69) is 28.2 Å². The highest BCUT2D eigenvalue weighted by atomic mass is 16.3. The van der Waals surface area contributed by atoms with Crippen LogP contribution in [0.25, 0.3) is 32.9 Å². The third-order valence-corrected chi connectivity index (χ3v) is 3.52. The lowest BCUT2D eigenvalue weighted by Crippen LogP contribution is -1.78. The predicted octanol–water partition coefficient (Wildman–Crippen LogP) is 4.02. The van der Waals surface area contributed by atoms with Gasteiger partial charge in [-0.3, -0.25) is 0 Å². The Kier molecular flexibility index (Phi) is 1.97. The third kappa shape index (κ3) is 1.45. The molecule has 0 aliphatic heterocycles. The van der Waals surface area contributed by atoms with Gasteiger partial charge in [-0.15, -0.1) is 0 Å². The van der Waals surface area contributed by atoms with Crippen molar-refractivity contribution in [1.29, 1.82) is 0 Å². The molecule has 0 fully saturated rings. The standard InChI is InChI=1S/C16H12N2O/c19-16-15-11(9-17-16)5-3-6-12(15)14-8-10-4-1-2-7-13(10)18-14/h1-9,17-19H. The maximum absolute atomic E-state index is 9.96. The minimum absolute atomic E-state index is 0.212. The summed E-state index contributed by atoms with van der Waals surface area (Å²) in [5, 5.41) is 13.0. The van der Waals surface area contributed by atoms with E-state index in [0.717, 1.165) is 27.5 Å². The fraction of sp³-hybridized carbons (Fsp3) is 0. The van der Waals surface area contributed by atoms with Crippen LogP contribution in [0.4, 0.5) is 0 Å². The van der Waals surface area contributed by atoms with E-state index >= 15 is 0 Å². The molecule has 2 aromatic heterocycles. The van der Waals surface area contributed by atoms with Gasteiger partial charge in [-0.25, -0.2) is 0 Å². The molecule has 2 aromatic carbocycles. The highest BCUT2D eigenvalue weighted by Gasteiger charge is 2.11. The number of fused-ring (bicyclic) bond motifs is 2. The number of hydrogen-bond donors (Lipinski definition) is 3. The first kappa shape index (κ1) is 10.3. The van der Waals surface area contributed by atoms with Gasteiger partial charge in [0.2, 0.25) is 0 Å². The van der Waals surface area contributed by atoms with Crippen molar-refractivity contribution in [1.82, 2.24) is 9.97 Å². The SMILES string of the molecule is Oc1[nH]cc2cccc(-c3cc4ccccc4[nH]3)c12. The minimum atomic E-state index is 0.212. The van der Waals surface area contributed by atoms with Crippen LogP contribution in [0, 0.1) is 0 Å². The first-order valence-electron chi connectivity index (χ1n) is 6.20. The summed E-state index contributed by atoms with van der Waals surface area (Å²) in [5.74, 6) is 0.212. The Hall–Kier alpha value is -2.68. The normalized spacial score (nSPS) is 11.4. The molecule has 4 rings (SSSR count). The molecule has 0 spiro atoms. The lowest BCUT2D eigenvalue weighted by molar-refractivity contribution is 0.463. The van der Waals surface area contributed by atoms with Crippen LogP contribution in [0.1, 0.15) is 0 Å². The van der Waals surface area contributed by atoms with E-state index in [4.69, 9.17) is 0 Å². The van der Waals surface area contributed by atoms with E-state index in [1.807, 2.05) is 36.5 Å². The van der Waals surface area contributed by atoms with Crippen molar-refractivity contribution in [2.45, 2.75) is 0 Å². The highest BCUT2D eigenvalue weighted by Crippen LogP contribution is 2.35. The summed E-state index contributed by atoms with van der Waals surface area (Å²) >= 11 is 0. The van der Waals surface area contributed by atoms with E-state index < -0.39 is 0 Å². The van der Waals surface area contributed by atoms with Gasteiger partial charge in [-0.2, -0.15) is 0 Å². The number of rotatable bonds is 1. The van der Waals surface area contributed by atoms with Crippen LogP contribution >= 0.6 is 0 Å². The number of aromatic hydroxyl groups is 1. The van der Waals surface area contributed by atoms with Gasteiger partial charge in [-0.05, 0) is 12.1 Å². The van der Waals surface area contributed by atoms with Gasteiger partial charge in [0.25, 0.3) is 0 Å². The summed E-state index contributed by atoms with van der Waals surface area (Å²) in [6.45, 7) is 0. The number of nitrogens with one attached hydrogen (secondary N) is 2. The molecule has 4 aromatic rings. The molecule has 0 aliphatic rings. The summed E-state index contributed by atoms with van der Waals surface area (Å²) in [6.07, 6.45) is 1.82. The molecule has 0 radical (unpaired) electrons. The zero-order chi connectivity index (χ0) is 12.8. The summed E-state index contributed by atoms with van der Waals surface area (Å²) in [5.41, 5.74) is 3.12. The van der Waals surface area contributed by atoms with E-state index in [-0.39, 0.29) is 5.88 Å². The maximum Gasteiger partial charge on any atom is 0.197 e. The molecule has 92 valence electrons. The molecular weight excluding hydrogens is 236 g/mol. The summed E-state index contributed by atoms with van der Waals surface area (Å²) < 4.78 is 0. The monoisotopic (exact) mass is 248 g/mol. The second-order valence-corrected chi connectivity index (χ2v) is 4.68. The quantitative estimate of drug-likeness (QED) is 0.468. The van der Waals surface area contributed by atoms with Gasteiger partial charge in [0.15, 0.2) is 5.88 Å². The van der Waals surface area contributed by atoms with Gasteiger partial charge in [0.1, 0.15) is 0 Å². The smallest absolute Gasteiger partial charge is 0.197 e. The first-order valence-corrected chi connectivity index (χ1v) is 6.20. The van der Waals surface area contributed by atoms with Gasteiger partial charge < -0.3 is 15.1 Å². The van der Waals surface area contributed by atoms with Crippen molar-refractivity contribution in [2.24, 2.45) is 0 Å². The molecule has 0 aliphatic carbocycles. The molecule has 0 saturated carbocycles. The van der Waals surface area contributed by atoms with Crippen LogP contribution < -0.4 is 0 Å². The van der Waals surface area contributed by atoms with E-state index in [1.54, 1.807) is 0 Å². The molecule has 0 unspecified atom stereocenters. The second kappa shape index (κ2) is 3.65. The molecule has 2 heterocycles. The van der Waals surface area contributed by atoms with Crippen LogP contribution in [-0.2, 0) is 0 Å². The van der Waals surface area contributed by atoms with E-state index in [9.17, 15) is 5.11 Å². The van der Waals surface area contributed by atoms with Crippen LogP contribution in [0.2, 0.25) is 0 Å². The van der Waals surface area contributed by atoms with Crippen molar-refractivity contribution in [3.05, 3.63) is 54.7 Å². The first-order chi connectivity index (χ1) is 9.33. The Morgan fingerprint density at radius 1 is 0.895 bits per heavy atom. The molecule has 0 saturated heterocycles. The largest absolute Gasteiger partial charge is 0.494 e. The van der Waals surface area contributed by atoms with Crippen molar-refractivity contribution in [3.63, 3.8) is 0 Å². The average molecular weight is 248 g/mol. The van der Waals surface area contributed by atoms with Gasteiger partial charge >= 0.3 is 0 Å². The summed E-state index contributed by atoms with van der Waals surface area (Å²) in [7, 11) is 0. The maximum atomic E-state index is 9.96.